The number of aromatic nitrogens is 2. The Morgan fingerprint density at radius 2 is 2.00 bits per heavy atom. The van der Waals surface area contributed by atoms with E-state index >= 15 is 0 Å². The third kappa shape index (κ3) is 4.70. The molecule has 2 N–H and O–H groups in total. The number of thioether (sulfide) groups is 1. The normalized spacial score (nSPS) is 21.2. The maximum atomic E-state index is 11.9. The number of amides is 1. The van der Waals surface area contributed by atoms with Crippen LogP contribution in [0.4, 0.5) is 0 Å². The van der Waals surface area contributed by atoms with Gasteiger partial charge in [-0.2, -0.15) is 0 Å². The topological polar surface area (TPSA) is 92.2 Å². The summed E-state index contributed by atoms with van der Waals surface area (Å²) in [5, 5.41) is 12.4. The van der Waals surface area contributed by atoms with Crippen molar-refractivity contribution < 1.29 is 14.7 Å². The van der Waals surface area contributed by atoms with Crippen molar-refractivity contribution in [3.8, 4) is 0 Å². The molecule has 0 saturated heterocycles. The minimum atomic E-state index is -0.773. The number of rotatable bonds is 5. The van der Waals surface area contributed by atoms with Gasteiger partial charge in [0.2, 0.25) is 5.91 Å². The van der Waals surface area contributed by atoms with E-state index in [1.807, 2.05) is 19.9 Å². The maximum Gasteiger partial charge on any atom is 0.306 e. The number of aliphatic carboxylic acids is 1. The Morgan fingerprint density at radius 1 is 1.33 bits per heavy atom. The predicted molar refractivity (Wildman–Crippen MR) is 79.1 cm³/mol. The van der Waals surface area contributed by atoms with E-state index in [1.165, 1.54) is 11.8 Å². The van der Waals surface area contributed by atoms with Gasteiger partial charge in [-0.05, 0) is 39.2 Å². The van der Waals surface area contributed by atoms with Gasteiger partial charge in [0.05, 0.1) is 11.7 Å². The smallest absolute Gasteiger partial charge is 0.306 e. The van der Waals surface area contributed by atoms with Gasteiger partial charge in [0, 0.05) is 17.4 Å². The molecule has 2 atom stereocenters. The predicted octanol–water partition coefficient (Wildman–Crippen LogP) is 1.56. The molecule has 114 valence electrons. The second-order valence-electron chi connectivity index (χ2n) is 5.33. The van der Waals surface area contributed by atoms with Gasteiger partial charge in [-0.1, -0.05) is 11.8 Å². The first-order chi connectivity index (χ1) is 9.94. The van der Waals surface area contributed by atoms with Crippen molar-refractivity contribution in [2.45, 2.75) is 44.3 Å². The molecular formula is C14H19N3O3S. The number of carbonyl (C=O) groups excluding carboxylic acids is 1. The molecule has 1 aliphatic rings. The zero-order chi connectivity index (χ0) is 15.4. The largest absolute Gasteiger partial charge is 0.481 e. The first-order valence-electron chi connectivity index (χ1n) is 6.91. The first kappa shape index (κ1) is 15.8. The highest BCUT2D eigenvalue weighted by Crippen LogP contribution is 2.25. The molecule has 1 aromatic heterocycles. The molecule has 1 fully saturated rings. The SMILES string of the molecule is Cc1cc(C)nc(SCC(=O)N[C@@H]2CC[C@H](C(=O)O)C2)n1. The van der Waals surface area contributed by atoms with Crippen molar-refractivity contribution >= 4 is 23.6 Å². The Hall–Kier alpha value is -1.63. The van der Waals surface area contributed by atoms with Crippen molar-refractivity contribution in [1.29, 1.82) is 0 Å². The lowest BCUT2D eigenvalue weighted by Crippen LogP contribution is -2.34. The van der Waals surface area contributed by atoms with Gasteiger partial charge < -0.3 is 10.4 Å². The number of carboxylic acid groups (broad SMARTS) is 1. The Bertz CT molecular complexity index is 530. The molecule has 21 heavy (non-hydrogen) atoms. The van der Waals surface area contributed by atoms with E-state index in [0.717, 1.165) is 17.8 Å². The molecule has 1 aromatic rings. The Labute approximate surface area is 127 Å². The standard InChI is InChI=1S/C14H19N3O3S/c1-8-5-9(2)16-14(15-8)21-7-12(18)17-11-4-3-10(6-11)13(19)20/h5,10-11H,3-4,6-7H2,1-2H3,(H,17,18)(H,19,20)/t10-,11+/m0/s1. The van der Waals surface area contributed by atoms with E-state index < -0.39 is 5.97 Å². The number of nitrogens with zero attached hydrogens (tertiary/aromatic N) is 2. The molecule has 2 rings (SSSR count). The summed E-state index contributed by atoms with van der Waals surface area (Å²) < 4.78 is 0. The third-order valence-electron chi connectivity index (χ3n) is 3.44. The van der Waals surface area contributed by atoms with Crippen LogP contribution in [0.1, 0.15) is 30.7 Å². The molecule has 0 bridgehead atoms. The molecule has 1 aliphatic carbocycles. The van der Waals surface area contributed by atoms with Crippen LogP contribution in [0.5, 0.6) is 0 Å². The molecule has 0 radical (unpaired) electrons. The summed E-state index contributed by atoms with van der Waals surface area (Å²) >= 11 is 1.30. The summed E-state index contributed by atoms with van der Waals surface area (Å²) in [5.41, 5.74) is 1.76. The van der Waals surface area contributed by atoms with Crippen LogP contribution in [-0.4, -0.2) is 38.7 Å². The molecule has 7 heteroatoms. The van der Waals surface area contributed by atoms with Gasteiger partial charge in [0.15, 0.2) is 5.16 Å². The highest BCUT2D eigenvalue weighted by atomic mass is 32.2. The third-order valence-corrected chi connectivity index (χ3v) is 4.29. The molecule has 1 saturated carbocycles. The highest BCUT2D eigenvalue weighted by molar-refractivity contribution is 7.99. The summed E-state index contributed by atoms with van der Waals surface area (Å²) in [4.78, 5) is 31.3. The summed E-state index contributed by atoms with van der Waals surface area (Å²) in [7, 11) is 0. The Morgan fingerprint density at radius 3 is 2.57 bits per heavy atom. The minimum Gasteiger partial charge on any atom is -0.481 e. The van der Waals surface area contributed by atoms with E-state index in [0.29, 0.717) is 18.0 Å². The summed E-state index contributed by atoms with van der Waals surface area (Å²) in [6, 6.07) is 1.86. The Kier molecular flexibility index (Phi) is 5.17. The van der Waals surface area contributed by atoms with Crippen LogP contribution in [0.3, 0.4) is 0 Å². The summed E-state index contributed by atoms with van der Waals surface area (Å²) in [5.74, 6) is -0.953. The van der Waals surface area contributed by atoms with Crippen LogP contribution in [0.2, 0.25) is 0 Å². The highest BCUT2D eigenvalue weighted by Gasteiger charge is 2.30. The fraction of sp³-hybridized carbons (Fsp3) is 0.571. The number of carboxylic acids is 1. The van der Waals surface area contributed by atoms with Crippen LogP contribution in [0, 0.1) is 19.8 Å². The summed E-state index contributed by atoms with van der Waals surface area (Å²) in [6.07, 6.45) is 1.88. The quantitative estimate of drug-likeness (QED) is 0.633. The number of hydrogen-bond donors (Lipinski definition) is 2. The zero-order valence-corrected chi connectivity index (χ0v) is 12.9. The summed E-state index contributed by atoms with van der Waals surface area (Å²) in [6.45, 7) is 3.78. The lowest BCUT2D eigenvalue weighted by Gasteiger charge is -2.12. The Balaban J connectivity index is 1.79. The minimum absolute atomic E-state index is 0.0284. The van der Waals surface area contributed by atoms with Crippen LogP contribution in [0.15, 0.2) is 11.2 Å². The fourth-order valence-electron chi connectivity index (χ4n) is 2.49. The number of carbonyl (C=O) groups is 2. The zero-order valence-electron chi connectivity index (χ0n) is 12.1. The number of nitrogens with one attached hydrogen (secondary N) is 1. The van der Waals surface area contributed by atoms with Gasteiger partial charge >= 0.3 is 5.97 Å². The first-order valence-corrected chi connectivity index (χ1v) is 7.90. The average Bonchev–Trinajstić information content (AvgIpc) is 2.84. The van der Waals surface area contributed by atoms with E-state index in [1.54, 1.807) is 0 Å². The van der Waals surface area contributed by atoms with E-state index in [9.17, 15) is 9.59 Å². The van der Waals surface area contributed by atoms with Crippen molar-refractivity contribution in [2.75, 3.05) is 5.75 Å². The van der Waals surface area contributed by atoms with Crippen molar-refractivity contribution in [2.24, 2.45) is 5.92 Å². The second-order valence-corrected chi connectivity index (χ2v) is 6.28. The maximum absolute atomic E-state index is 11.9. The van der Waals surface area contributed by atoms with Gasteiger partial charge in [-0.15, -0.1) is 0 Å². The van der Waals surface area contributed by atoms with Crippen LogP contribution in [-0.2, 0) is 9.59 Å². The van der Waals surface area contributed by atoms with Gasteiger partial charge in [-0.3, -0.25) is 9.59 Å². The monoisotopic (exact) mass is 309 g/mol. The molecule has 0 aliphatic heterocycles. The van der Waals surface area contributed by atoms with E-state index in [2.05, 4.69) is 15.3 Å². The number of hydrogen-bond acceptors (Lipinski definition) is 5. The lowest BCUT2D eigenvalue weighted by molar-refractivity contribution is -0.141. The average molecular weight is 309 g/mol. The fourth-order valence-corrected chi connectivity index (χ4v) is 3.26. The van der Waals surface area contributed by atoms with Crippen molar-refractivity contribution in [3.63, 3.8) is 0 Å². The number of aryl methyl sites for hydroxylation is 2. The second kappa shape index (κ2) is 6.89. The van der Waals surface area contributed by atoms with Gasteiger partial charge in [0.25, 0.3) is 0 Å². The molecule has 1 amide bonds. The van der Waals surface area contributed by atoms with Crippen molar-refractivity contribution in [1.82, 2.24) is 15.3 Å². The van der Waals surface area contributed by atoms with E-state index in [4.69, 9.17) is 5.11 Å². The molecular weight excluding hydrogens is 290 g/mol. The molecule has 0 unspecified atom stereocenters. The molecule has 0 aromatic carbocycles. The van der Waals surface area contributed by atoms with Crippen LogP contribution < -0.4 is 5.32 Å². The van der Waals surface area contributed by atoms with Crippen LogP contribution >= 0.6 is 11.8 Å². The van der Waals surface area contributed by atoms with Gasteiger partial charge in [-0.25, -0.2) is 9.97 Å². The molecule has 6 nitrogen and oxygen atoms in total. The van der Waals surface area contributed by atoms with Crippen LogP contribution in [0.25, 0.3) is 0 Å². The lowest BCUT2D eigenvalue weighted by atomic mass is 10.1. The van der Waals surface area contributed by atoms with Crippen molar-refractivity contribution in [3.05, 3.63) is 17.5 Å². The molecule has 0 spiro atoms. The van der Waals surface area contributed by atoms with E-state index in [-0.39, 0.29) is 23.6 Å². The van der Waals surface area contributed by atoms with Gasteiger partial charge in [0.1, 0.15) is 0 Å². The molecule has 1 heterocycles.